The van der Waals surface area contributed by atoms with Gasteiger partial charge < -0.3 is 9.68 Å². The molecule has 0 aromatic carbocycles. The Balaban J connectivity index is 1.57. The molecule has 0 amide bonds. The molecule has 0 radical (unpaired) electrons. The molecule has 0 aliphatic carbocycles. The molecule has 102 valence electrons. The van der Waals surface area contributed by atoms with Gasteiger partial charge in [-0.3, -0.25) is 9.59 Å². The fourth-order valence-corrected chi connectivity index (χ4v) is 1.09. The van der Waals surface area contributed by atoms with Crippen molar-refractivity contribution in [2.24, 2.45) is 0 Å². The second-order valence-corrected chi connectivity index (χ2v) is 3.21. The molecular formula is C8H12N2O8. The standard InChI is InChI=1S/C8H12N2O8/c11-7(17-9-13-3-4-14-9)1-2-8(12)18-10-15-5-6-16-10/h1-6H2. The van der Waals surface area contributed by atoms with Gasteiger partial charge in [-0.05, 0) is 0 Å². The number of hydrogen-bond acceptors (Lipinski definition) is 10. The van der Waals surface area contributed by atoms with Gasteiger partial charge in [0.1, 0.15) is 37.2 Å². The first-order valence-electron chi connectivity index (χ1n) is 5.27. The predicted octanol–water partition coefficient (Wildman–Crippen LogP) is -0.959. The lowest BCUT2D eigenvalue weighted by Gasteiger charge is -2.11. The molecule has 0 atom stereocenters. The molecule has 0 bridgehead atoms. The van der Waals surface area contributed by atoms with Crippen LogP contribution in [-0.2, 0) is 38.6 Å². The maximum Gasteiger partial charge on any atom is 0.331 e. The molecule has 0 aromatic rings. The van der Waals surface area contributed by atoms with Gasteiger partial charge in [0.05, 0.1) is 12.8 Å². The molecule has 10 nitrogen and oxygen atoms in total. The molecular weight excluding hydrogens is 252 g/mol. The Kier molecular flexibility index (Phi) is 4.81. The van der Waals surface area contributed by atoms with Crippen LogP contribution in [0.5, 0.6) is 0 Å². The highest BCUT2D eigenvalue weighted by Gasteiger charge is 2.22. The molecule has 10 heteroatoms. The molecule has 2 saturated heterocycles. The smallest absolute Gasteiger partial charge is 0.318 e. The van der Waals surface area contributed by atoms with Gasteiger partial charge in [0.15, 0.2) is 0 Å². The van der Waals surface area contributed by atoms with E-state index in [1.807, 2.05) is 0 Å². The Morgan fingerprint density at radius 2 is 1.11 bits per heavy atom. The SMILES string of the molecule is O=C(CCC(=O)ON1OCCO1)ON1OCCO1. The summed E-state index contributed by atoms with van der Waals surface area (Å²) in [7, 11) is 0. The number of nitrogens with zero attached hydrogens (tertiary/aromatic N) is 2. The summed E-state index contributed by atoms with van der Waals surface area (Å²) in [6, 6.07) is 0. The topological polar surface area (TPSA) is 96.0 Å². The fourth-order valence-electron chi connectivity index (χ4n) is 1.09. The van der Waals surface area contributed by atoms with Crippen molar-refractivity contribution in [2.45, 2.75) is 12.8 Å². The molecule has 2 fully saturated rings. The average Bonchev–Trinajstić information content (AvgIpc) is 2.99. The lowest BCUT2D eigenvalue weighted by Crippen LogP contribution is -2.24. The van der Waals surface area contributed by atoms with Crippen LogP contribution in [0.25, 0.3) is 0 Å². The molecule has 0 spiro atoms. The first-order valence-corrected chi connectivity index (χ1v) is 5.27. The van der Waals surface area contributed by atoms with E-state index in [0.717, 1.165) is 0 Å². The van der Waals surface area contributed by atoms with Crippen molar-refractivity contribution in [3.8, 4) is 0 Å². The molecule has 0 saturated carbocycles. The molecule has 2 rings (SSSR count). The molecule has 0 N–H and O–H groups in total. The van der Waals surface area contributed by atoms with E-state index in [0.29, 0.717) is 37.2 Å². The second kappa shape index (κ2) is 6.58. The Hall–Kier alpha value is -1.30. The number of carbonyl (C=O) groups excluding carboxylic acids is 2. The molecule has 2 aliphatic rings. The Morgan fingerprint density at radius 3 is 1.44 bits per heavy atom. The normalized spacial score (nSPS) is 21.1. The first-order chi connectivity index (χ1) is 8.74. The van der Waals surface area contributed by atoms with Gasteiger partial charge in [-0.2, -0.15) is 0 Å². The van der Waals surface area contributed by atoms with Crippen LogP contribution in [0.4, 0.5) is 0 Å². The van der Waals surface area contributed by atoms with E-state index in [9.17, 15) is 9.59 Å². The number of hydrogen-bond donors (Lipinski definition) is 0. The largest absolute Gasteiger partial charge is 0.331 e. The Bertz CT molecular complexity index is 269. The zero-order chi connectivity index (χ0) is 12.8. The van der Waals surface area contributed by atoms with Crippen molar-refractivity contribution in [1.82, 2.24) is 10.8 Å². The maximum absolute atomic E-state index is 11.2. The van der Waals surface area contributed by atoms with Gasteiger partial charge in [0.25, 0.3) is 0 Å². The zero-order valence-electron chi connectivity index (χ0n) is 9.40. The monoisotopic (exact) mass is 264 g/mol. The predicted molar refractivity (Wildman–Crippen MR) is 48.9 cm³/mol. The Morgan fingerprint density at radius 1 is 0.778 bits per heavy atom. The molecule has 2 aliphatic heterocycles. The van der Waals surface area contributed by atoms with Crippen LogP contribution < -0.4 is 0 Å². The van der Waals surface area contributed by atoms with Gasteiger partial charge in [0.2, 0.25) is 0 Å². The van der Waals surface area contributed by atoms with Crippen molar-refractivity contribution < 1.29 is 38.6 Å². The lowest BCUT2D eigenvalue weighted by molar-refractivity contribution is -0.462. The van der Waals surface area contributed by atoms with E-state index < -0.39 is 11.9 Å². The summed E-state index contributed by atoms with van der Waals surface area (Å²) in [4.78, 5) is 50.6. The van der Waals surface area contributed by atoms with Crippen molar-refractivity contribution in [3.05, 3.63) is 0 Å². The second-order valence-electron chi connectivity index (χ2n) is 3.21. The van der Waals surface area contributed by atoms with E-state index in [1.54, 1.807) is 0 Å². The Labute approximate surface area is 102 Å². The minimum atomic E-state index is -0.683. The third-order valence-corrected chi connectivity index (χ3v) is 1.84. The van der Waals surface area contributed by atoms with Gasteiger partial charge in [-0.1, -0.05) is 0 Å². The fraction of sp³-hybridized carbons (Fsp3) is 0.750. The summed E-state index contributed by atoms with van der Waals surface area (Å²) in [5.41, 5.74) is 0. The van der Waals surface area contributed by atoms with Crippen LogP contribution in [0.2, 0.25) is 0 Å². The molecule has 0 unspecified atom stereocenters. The van der Waals surface area contributed by atoms with Gasteiger partial charge in [0, 0.05) is 0 Å². The minimum absolute atomic E-state index is 0.185. The highest BCUT2D eigenvalue weighted by atomic mass is 17.2. The average molecular weight is 264 g/mol. The number of rotatable bonds is 5. The minimum Gasteiger partial charge on any atom is -0.318 e. The maximum atomic E-state index is 11.2. The van der Waals surface area contributed by atoms with Crippen molar-refractivity contribution in [3.63, 3.8) is 0 Å². The van der Waals surface area contributed by atoms with Crippen LogP contribution in [0, 0.1) is 0 Å². The third-order valence-electron chi connectivity index (χ3n) is 1.84. The van der Waals surface area contributed by atoms with Gasteiger partial charge in [-0.15, -0.1) is 0 Å². The van der Waals surface area contributed by atoms with Gasteiger partial charge >= 0.3 is 11.9 Å². The number of carbonyl (C=O) groups is 2. The lowest BCUT2D eigenvalue weighted by atomic mass is 10.3. The quantitative estimate of drug-likeness (QED) is 0.617. The zero-order valence-corrected chi connectivity index (χ0v) is 9.40. The van der Waals surface area contributed by atoms with E-state index in [2.05, 4.69) is 9.68 Å². The van der Waals surface area contributed by atoms with E-state index in [-0.39, 0.29) is 12.8 Å². The van der Waals surface area contributed by atoms with Crippen LogP contribution in [-0.4, -0.2) is 49.1 Å². The highest BCUT2D eigenvalue weighted by molar-refractivity contribution is 5.77. The summed E-state index contributed by atoms with van der Waals surface area (Å²) < 4.78 is 0. The summed E-state index contributed by atoms with van der Waals surface area (Å²) in [6.45, 7) is 1.22. The molecule has 0 aromatic heterocycles. The highest BCUT2D eigenvalue weighted by Crippen LogP contribution is 2.07. The van der Waals surface area contributed by atoms with Crippen LogP contribution in [0.15, 0.2) is 0 Å². The summed E-state index contributed by atoms with van der Waals surface area (Å²) in [5.74, 6) is -1.37. The van der Waals surface area contributed by atoms with Crippen LogP contribution >= 0.6 is 0 Å². The van der Waals surface area contributed by atoms with Crippen molar-refractivity contribution >= 4 is 11.9 Å². The first kappa shape index (κ1) is 13.1. The summed E-state index contributed by atoms with van der Waals surface area (Å²) in [5, 5.41) is 1.22. The van der Waals surface area contributed by atoms with Crippen LogP contribution in [0.1, 0.15) is 12.8 Å². The van der Waals surface area contributed by atoms with Crippen LogP contribution in [0.3, 0.4) is 0 Å². The molecule has 2 heterocycles. The van der Waals surface area contributed by atoms with Crippen molar-refractivity contribution in [2.75, 3.05) is 26.4 Å². The van der Waals surface area contributed by atoms with Gasteiger partial charge in [-0.25, -0.2) is 19.4 Å². The molecule has 18 heavy (non-hydrogen) atoms. The summed E-state index contributed by atoms with van der Waals surface area (Å²) >= 11 is 0. The van der Waals surface area contributed by atoms with E-state index >= 15 is 0 Å². The van der Waals surface area contributed by atoms with E-state index in [1.165, 1.54) is 0 Å². The van der Waals surface area contributed by atoms with E-state index in [4.69, 9.17) is 19.4 Å². The van der Waals surface area contributed by atoms with Crippen molar-refractivity contribution in [1.29, 1.82) is 0 Å². The summed E-state index contributed by atoms with van der Waals surface area (Å²) in [6.07, 6.45) is -0.369. The third kappa shape index (κ3) is 4.18.